The fourth-order valence-corrected chi connectivity index (χ4v) is 10.5. The largest absolute Gasteiger partial charge is 0.310 e. The van der Waals surface area contributed by atoms with Crippen LogP contribution in [-0.4, -0.2) is 0 Å². The lowest BCUT2D eigenvalue weighted by atomic mass is 9.70. The molecular weight excluding hydrogens is 663 g/mol. The molecule has 0 amide bonds. The first-order valence-corrected chi connectivity index (χ1v) is 19.5. The van der Waals surface area contributed by atoms with Crippen LogP contribution < -0.4 is 4.90 Å². The lowest BCUT2D eigenvalue weighted by molar-refractivity contribution is 0.660. The highest BCUT2D eigenvalue weighted by atomic mass is 15.1. The zero-order valence-electron chi connectivity index (χ0n) is 31.7. The van der Waals surface area contributed by atoms with E-state index in [1.54, 1.807) is 0 Å². The molecule has 0 heterocycles. The van der Waals surface area contributed by atoms with E-state index < -0.39 is 5.41 Å². The Labute approximate surface area is 324 Å². The van der Waals surface area contributed by atoms with E-state index in [2.05, 4.69) is 209 Å². The maximum atomic E-state index is 2.56. The van der Waals surface area contributed by atoms with E-state index in [0.29, 0.717) is 0 Å². The van der Waals surface area contributed by atoms with Crippen molar-refractivity contribution in [2.24, 2.45) is 0 Å². The first-order chi connectivity index (χ1) is 26.9. The molecule has 0 saturated carbocycles. The predicted molar refractivity (Wildman–Crippen MR) is 230 cm³/mol. The van der Waals surface area contributed by atoms with Crippen molar-refractivity contribution >= 4 is 17.1 Å². The first-order valence-electron chi connectivity index (χ1n) is 19.5. The average molecular weight is 704 g/mol. The van der Waals surface area contributed by atoms with Gasteiger partial charge < -0.3 is 4.90 Å². The van der Waals surface area contributed by atoms with Gasteiger partial charge in [-0.05, 0) is 128 Å². The van der Waals surface area contributed by atoms with Gasteiger partial charge in [-0.15, -0.1) is 0 Å². The van der Waals surface area contributed by atoms with Gasteiger partial charge in [0.2, 0.25) is 0 Å². The van der Waals surface area contributed by atoms with Crippen LogP contribution >= 0.6 is 0 Å². The van der Waals surface area contributed by atoms with Crippen molar-refractivity contribution < 1.29 is 0 Å². The Morgan fingerprint density at radius 2 is 0.782 bits per heavy atom. The van der Waals surface area contributed by atoms with Gasteiger partial charge in [-0.1, -0.05) is 159 Å². The van der Waals surface area contributed by atoms with Gasteiger partial charge in [0, 0.05) is 22.4 Å². The summed E-state index contributed by atoms with van der Waals surface area (Å²) in [6, 6.07) is 66.3. The number of benzene rings is 8. The molecule has 3 aliphatic rings. The summed E-state index contributed by atoms with van der Waals surface area (Å²) in [7, 11) is 0. The normalized spacial score (nSPS) is 14.5. The molecule has 0 bridgehead atoms. The summed E-state index contributed by atoms with van der Waals surface area (Å²) in [4.78, 5) is 2.56. The van der Waals surface area contributed by atoms with Crippen molar-refractivity contribution in [1.29, 1.82) is 0 Å². The highest BCUT2D eigenvalue weighted by Crippen LogP contribution is 2.65. The van der Waals surface area contributed by atoms with Gasteiger partial charge in [-0.3, -0.25) is 0 Å². The summed E-state index contributed by atoms with van der Waals surface area (Å²) < 4.78 is 0. The molecule has 1 spiro atoms. The van der Waals surface area contributed by atoms with E-state index in [4.69, 9.17) is 0 Å². The van der Waals surface area contributed by atoms with Crippen molar-refractivity contribution in [2.75, 3.05) is 4.90 Å². The Kier molecular flexibility index (Phi) is 6.72. The predicted octanol–water partition coefficient (Wildman–Crippen LogP) is 14.1. The number of nitrogens with zero attached hydrogens (tertiary/aromatic N) is 1. The Bertz CT molecular complexity index is 2820. The number of rotatable bonds is 4. The van der Waals surface area contributed by atoms with Crippen LogP contribution in [0.5, 0.6) is 0 Å². The molecular formula is C54H41N. The quantitative estimate of drug-likeness (QED) is 0.176. The molecule has 0 N–H and O–H groups in total. The molecule has 11 rings (SSSR count). The van der Waals surface area contributed by atoms with Crippen LogP contribution in [0.4, 0.5) is 17.1 Å². The van der Waals surface area contributed by atoms with Crippen molar-refractivity contribution in [3.63, 3.8) is 0 Å². The summed E-state index contributed by atoms with van der Waals surface area (Å²) in [5.41, 5.74) is 24.1. The molecule has 1 nitrogen and oxygen atoms in total. The fraction of sp³-hybridized carbons (Fsp3) is 0.111. The van der Waals surface area contributed by atoms with Crippen LogP contribution in [0.15, 0.2) is 176 Å². The number of hydrogen-bond donors (Lipinski definition) is 0. The van der Waals surface area contributed by atoms with Crippen LogP contribution in [0.3, 0.4) is 0 Å². The number of hydrogen-bond acceptors (Lipinski definition) is 1. The van der Waals surface area contributed by atoms with Gasteiger partial charge in [-0.2, -0.15) is 0 Å². The van der Waals surface area contributed by atoms with Crippen LogP contribution in [-0.2, 0) is 10.8 Å². The Hall–Kier alpha value is -6.44. The van der Waals surface area contributed by atoms with E-state index in [0.717, 1.165) is 5.69 Å². The minimum Gasteiger partial charge on any atom is -0.310 e. The van der Waals surface area contributed by atoms with Gasteiger partial charge in [0.15, 0.2) is 0 Å². The van der Waals surface area contributed by atoms with E-state index in [1.165, 1.54) is 100 Å². The van der Waals surface area contributed by atoms with Crippen molar-refractivity contribution in [1.82, 2.24) is 0 Å². The zero-order chi connectivity index (χ0) is 37.1. The smallest absolute Gasteiger partial charge is 0.0746 e. The lowest BCUT2D eigenvalue weighted by Gasteiger charge is -2.36. The molecule has 8 aromatic carbocycles. The second-order valence-electron chi connectivity index (χ2n) is 16.1. The molecule has 0 atom stereocenters. The van der Waals surface area contributed by atoms with Crippen LogP contribution in [0, 0.1) is 13.8 Å². The summed E-state index contributed by atoms with van der Waals surface area (Å²) >= 11 is 0. The van der Waals surface area contributed by atoms with Crippen LogP contribution in [0.25, 0.3) is 44.5 Å². The molecule has 8 aromatic rings. The second-order valence-corrected chi connectivity index (χ2v) is 16.1. The van der Waals surface area contributed by atoms with E-state index >= 15 is 0 Å². The molecule has 0 aliphatic heterocycles. The highest BCUT2D eigenvalue weighted by molar-refractivity contribution is 6.00. The van der Waals surface area contributed by atoms with Crippen LogP contribution in [0.1, 0.15) is 58.4 Å². The topological polar surface area (TPSA) is 3.24 Å². The Balaban J connectivity index is 1.22. The van der Waals surface area contributed by atoms with Gasteiger partial charge in [-0.25, -0.2) is 0 Å². The van der Waals surface area contributed by atoms with E-state index in [9.17, 15) is 0 Å². The van der Waals surface area contributed by atoms with Crippen molar-refractivity contribution in [3.8, 4) is 44.5 Å². The van der Waals surface area contributed by atoms with Gasteiger partial charge >= 0.3 is 0 Å². The molecule has 0 fully saturated rings. The van der Waals surface area contributed by atoms with Crippen molar-refractivity contribution in [3.05, 3.63) is 220 Å². The number of anilines is 3. The standard InChI is InChI=1S/C54H41N/c1-34-16-5-6-17-38(34)39-30-28-36(32-35(39)2)55(37-29-31-44-40-18-7-11-23-46(40)53(3,4)50(44)33-37)51-27-15-22-45-43-21-10-14-26-49(43)54(52(45)51)47-24-12-8-19-41(47)42-20-9-13-25-48(42)54/h5-33H,1-4H3. The van der Waals surface area contributed by atoms with E-state index in [-0.39, 0.29) is 5.41 Å². The molecule has 1 heteroatoms. The lowest BCUT2D eigenvalue weighted by Crippen LogP contribution is -2.28. The SMILES string of the molecule is Cc1ccccc1-c1ccc(N(c2ccc3c(c2)C(C)(C)c2ccccc2-3)c2cccc3c2C2(c4ccccc4-c4ccccc42)c2ccccc2-3)cc1C. The molecule has 0 unspecified atom stereocenters. The third-order valence-corrected chi connectivity index (χ3v) is 13.0. The Morgan fingerprint density at radius 1 is 0.345 bits per heavy atom. The molecule has 0 saturated heterocycles. The average Bonchev–Trinajstić information content (AvgIpc) is 3.78. The number of fused-ring (bicyclic) bond motifs is 13. The summed E-state index contributed by atoms with van der Waals surface area (Å²) in [5.74, 6) is 0. The van der Waals surface area contributed by atoms with Crippen molar-refractivity contribution in [2.45, 2.75) is 38.5 Å². The molecule has 55 heavy (non-hydrogen) atoms. The van der Waals surface area contributed by atoms with E-state index in [1.807, 2.05) is 0 Å². The molecule has 0 radical (unpaired) electrons. The van der Waals surface area contributed by atoms with Gasteiger partial charge in [0.1, 0.15) is 0 Å². The van der Waals surface area contributed by atoms with Gasteiger partial charge in [0.25, 0.3) is 0 Å². The summed E-state index contributed by atoms with van der Waals surface area (Å²) in [6.07, 6.45) is 0. The summed E-state index contributed by atoms with van der Waals surface area (Å²) in [5, 5.41) is 0. The maximum absolute atomic E-state index is 2.56. The highest BCUT2D eigenvalue weighted by Gasteiger charge is 2.53. The molecule has 0 aromatic heterocycles. The van der Waals surface area contributed by atoms with Gasteiger partial charge in [0.05, 0.1) is 11.1 Å². The zero-order valence-corrected chi connectivity index (χ0v) is 31.7. The third-order valence-electron chi connectivity index (χ3n) is 13.0. The fourth-order valence-electron chi connectivity index (χ4n) is 10.5. The molecule has 3 aliphatic carbocycles. The minimum absolute atomic E-state index is 0.127. The van der Waals surface area contributed by atoms with Crippen LogP contribution in [0.2, 0.25) is 0 Å². The third kappa shape index (κ3) is 4.24. The monoisotopic (exact) mass is 703 g/mol. The Morgan fingerprint density at radius 3 is 1.38 bits per heavy atom. The molecule has 262 valence electrons. The minimum atomic E-state index is -0.476. The number of aryl methyl sites for hydroxylation is 2. The second kappa shape index (κ2) is 11.5. The summed E-state index contributed by atoms with van der Waals surface area (Å²) in [6.45, 7) is 9.24. The maximum Gasteiger partial charge on any atom is 0.0746 e. The first kappa shape index (κ1) is 32.0.